The highest BCUT2D eigenvalue weighted by atomic mass is 32.2. The number of nitrogens with two attached hydrogens (primary N) is 1. The van der Waals surface area contributed by atoms with E-state index in [1.807, 2.05) is 0 Å². The van der Waals surface area contributed by atoms with E-state index >= 15 is 0 Å². The Kier molecular flexibility index (Phi) is 3.62. The lowest BCUT2D eigenvalue weighted by molar-refractivity contribution is -0.148. The van der Waals surface area contributed by atoms with Gasteiger partial charge in [0.2, 0.25) is 5.91 Å². The molecule has 0 aromatic heterocycles. The Morgan fingerprint density at radius 2 is 2.20 bits per heavy atom. The normalized spacial score (nSPS) is 21.8. The summed E-state index contributed by atoms with van der Waals surface area (Å²) < 4.78 is 0. The number of aliphatic carboxylic acids is 1. The number of carboxylic acids is 1. The number of nitrogens with zero attached hydrogens (tertiary/aromatic N) is 1. The summed E-state index contributed by atoms with van der Waals surface area (Å²) in [5, 5.41) is 8.89. The number of carboxylic acid groups (broad SMARTS) is 1. The van der Waals surface area contributed by atoms with Gasteiger partial charge in [0.25, 0.3) is 0 Å². The van der Waals surface area contributed by atoms with Crippen molar-refractivity contribution in [3.8, 4) is 0 Å². The summed E-state index contributed by atoms with van der Waals surface area (Å²) in [6, 6.07) is -0.690. The van der Waals surface area contributed by atoms with Crippen LogP contribution in [0.15, 0.2) is 0 Å². The molecule has 1 unspecified atom stereocenters. The van der Waals surface area contributed by atoms with E-state index in [2.05, 4.69) is 0 Å². The molecule has 15 heavy (non-hydrogen) atoms. The van der Waals surface area contributed by atoms with Crippen molar-refractivity contribution in [2.45, 2.75) is 31.8 Å². The van der Waals surface area contributed by atoms with Gasteiger partial charge in [-0.1, -0.05) is 0 Å². The summed E-state index contributed by atoms with van der Waals surface area (Å²) in [7, 11) is 0. The van der Waals surface area contributed by atoms with Crippen LogP contribution in [0, 0.1) is 0 Å². The van der Waals surface area contributed by atoms with E-state index in [0.717, 1.165) is 0 Å². The maximum absolute atomic E-state index is 11.7. The zero-order chi connectivity index (χ0) is 11.6. The van der Waals surface area contributed by atoms with Crippen LogP contribution in [0.4, 0.5) is 0 Å². The first kappa shape index (κ1) is 12.3. The summed E-state index contributed by atoms with van der Waals surface area (Å²) in [4.78, 5) is 24.0. The van der Waals surface area contributed by atoms with Crippen LogP contribution >= 0.6 is 11.8 Å². The van der Waals surface area contributed by atoms with Crippen molar-refractivity contribution >= 4 is 23.6 Å². The third kappa shape index (κ3) is 3.39. The Morgan fingerprint density at radius 1 is 1.60 bits per heavy atom. The maximum Gasteiger partial charge on any atom is 0.327 e. The molecule has 1 aliphatic rings. The van der Waals surface area contributed by atoms with Crippen LogP contribution in [-0.4, -0.2) is 45.1 Å². The highest BCUT2D eigenvalue weighted by molar-refractivity contribution is 7.99. The van der Waals surface area contributed by atoms with Gasteiger partial charge in [0.1, 0.15) is 6.04 Å². The molecule has 1 rings (SSSR count). The number of hydrogen-bond donors (Lipinski definition) is 2. The summed E-state index contributed by atoms with van der Waals surface area (Å²) >= 11 is 1.46. The van der Waals surface area contributed by atoms with E-state index in [0.29, 0.717) is 11.6 Å². The summed E-state index contributed by atoms with van der Waals surface area (Å²) in [5.74, 6) is -0.208. The molecular weight excluding hydrogens is 216 g/mol. The van der Waals surface area contributed by atoms with E-state index < -0.39 is 17.6 Å². The third-order valence-corrected chi connectivity index (χ3v) is 3.11. The van der Waals surface area contributed by atoms with Gasteiger partial charge < -0.3 is 15.7 Å². The van der Waals surface area contributed by atoms with Gasteiger partial charge in [-0.3, -0.25) is 4.79 Å². The molecule has 6 heteroatoms. The van der Waals surface area contributed by atoms with Crippen LogP contribution in [0.1, 0.15) is 20.3 Å². The van der Waals surface area contributed by atoms with Gasteiger partial charge in [-0.05, 0) is 13.8 Å². The monoisotopic (exact) mass is 232 g/mol. The average Bonchev–Trinajstić information content (AvgIpc) is 2.47. The van der Waals surface area contributed by atoms with Crippen molar-refractivity contribution in [2.75, 3.05) is 11.6 Å². The van der Waals surface area contributed by atoms with Gasteiger partial charge in [-0.2, -0.15) is 0 Å². The molecule has 0 bridgehead atoms. The fourth-order valence-electron chi connectivity index (χ4n) is 1.38. The minimum atomic E-state index is -0.942. The number of thioether (sulfide) groups is 1. The number of amides is 1. The second-order valence-electron chi connectivity index (χ2n) is 4.38. The Bertz CT molecular complexity index is 275. The van der Waals surface area contributed by atoms with E-state index in [-0.39, 0.29) is 12.3 Å². The molecule has 1 fully saturated rings. The smallest absolute Gasteiger partial charge is 0.327 e. The zero-order valence-electron chi connectivity index (χ0n) is 8.90. The molecule has 86 valence electrons. The molecular formula is C9H16N2O3S. The molecule has 5 nitrogen and oxygen atoms in total. The Hall–Kier alpha value is -0.750. The summed E-state index contributed by atoms with van der Waals surface area (Å²) in [6.45, 7) is 3.51. The average molecular weight is 232 g/mol. The van der Waals surface area contributed by atoms with E-state index in [1.54, 1.807) is 13.8 Å². The molecule has 0 aromatic carbocycles. The Labute approximate surface area is 93.0 Å². The van der Waals surface area contributed by atoms with E-state index in [9.17, 15) is 9.59 Å². The van der Waals surface area contributed by atoms with Crippen molar-refractivity contribution in [3.05, 3.63) is 0 Å². The molecule has 0 spiro atoms. The first-order valence-corrected chi connectivity index (χ1v) is 5.85. The molecule has 0 saturated carbocycles. The lowest BCUT2D eigenvalue weighted by Gasteiger charge is -2.25. The first-order chi connectivity index (χ1) is 6.81. The maximum atomic E-state index is 11.7. The lowest BCUT2D eigenvalue weighted by atomic mass is 10.0. The van der Waals surface area contributed by atoms with Gasteiger partial charge in [0.05, 0.1) is 5.88 Å². The van der Waals surface area contributed by atoms with Crippen molar-refractivity contribution in [1.82, 2.24) is 4.90 Å². The minimum absolute atomic E-state index is 0.178. The summed E-state index contributed by atoms with van der Waals surface area (Å²) in [5.41, 5.74) is 5.13. The number of hydrogen-bond acceptors (Lipinski definition) is 4. The van der Waals surface area contributed by atoms with Gasteiger partial charge >= 0.3 is 5.97 Å². The van der Waals surface area contributed by atoms with Crippen LogP contribution in [-0.2, 0) is 9.59 Å². The molecule has 3 N–H and O–H groups in total. The quantitative estimate of drug-likeness (QED) is 0.721. The molecule has 1 atom stereocenters. The van der Waals surface area contributed by atoms with Crippen molar-refractivity contribution < 1.29 is 14.7 Å². The van der Waals surface area contributed by atoms with Gasteiger partial charge in [-0.25, -0.2) is 4.79 Å². The number of rotatable bonds is 3. The van der Waals surface area contributed by atoms with Crippen LogP contribution in [0.5, 0.6) is 0 Å². The standard InChI is InChI=1S/C9H16N2O3S/c1-9(2,10)3-7(12)11-5-15-4-6(11)8(13)14/h6H,3-5,10H2,1-2H3,(H,13,14). The second kappa shape index (κ2) is 4.40. The molecule has 1 saturated heterocycles. The highest BCUT2D eigenvalue weighted by Gasteiger charge is 2.35. The molecule has 0 radical (unpaired) electrons. The number of carbonyl (C=O) groups is 2. The van der Waals surface area contributed by atoms with Gasteiger partial charge in [-0.15, -0.1) is 11.8 Å². The fourth-order valence-corrected chi connectivity index (χ4v) is 2.56. The molecule has 1 heterocycles. The largest absolute Gasteiger partial charge is 0.480 e. The molecule has 0 aromatic rings. The second-order valence-corrected chi connectivity index (χ2v) is 5.38. The highest BCUT2D eigenvalue weighted by Crippen LogP contribution is 2.23. The first-order valence-electron chi connectivity index (χ1n) is 4.70. The molecule has 1 aliphatic heterocycles. The fraction of sp³-hybridized carbons (Fsp3) is 0.778. The van der Waals surface area contributed by atoms with Gasteiger partial charge in [0, 0.05) is 17.7 Å². The zero-order valence-corrected chi connectivity index (χ0v) is 9.71. The van der Waals surface area contributed by atoms with Crippen molar-refractivity contribution in [2.24, 2.45) is 5.73 Å². The predicted molar refractivity (Wildman–Crippen MR) is 58.5 cm³/mol. The SMILES string of the molecule is CC(C)(N)CC(=O)N1CSCC1C(=O)O. The predicted octanol–water partition coefficient (Wildman–Crippen LogP) is 0.0999. The van der Waals surface area contributed by atoms with E-state index in [4.69, 9.17) is 10.8 Å². The Morgan fingerprint density at radius 3 is 2.67 bits per heavy atom. The molecule has 0 aliphatic carbocycles. The van der Waals surface area contributed by atoms with E-state index in [1.165, 1.54) is 16.7 Å². The Balaban J connectivity index is 2.63. The van der Waals surface area contributed by atoms with Crippen molar-refractivity contribution in [1.29, 1.82) is 0 Å². The van der Waals surface area contributed by atoms with Crippen LogP contribution < -0.4 is 5.73 Å². The van der Waals surface area contributed by atoms with Gasteiger partial charge in [0.15, 0.2) is 0 Å². The molecule has 1 amide bonds. The summed E-state index contributed by atoms with van der Waals surface area (Å²) in [6.07, 6.45) is 0.178. The lowest BCUT2D eigenvalue weighted by Crippen LogP contribution is -2.46. The number of carbonyl (C=O) groups excluding carboxylic acids is 1. The van der Waals surface area contributed by atoms with Crippen LogP contribution in [0.2, 0.25) is 0 Å². The third-order valence-electron chi connectivity index (χ3n) is 2.09. The van der Waals surface area contributed by atoms with Crippen molar-refractivity contribution in [3.63, 3.8) is 0 Å². The van der Waals surface area contributed by atoms with Crippen LogP contribution in [0.25, 0.3) is 0 Å². The van der Waals surface area contributed by atoms with Crippen LogP contribution in [0.3, 0.4) is 0 Å². The topological polar surface area (TPSA) is 83.6 Å². The minimum Gasteiger partial charge on any atom is -0.480 e.